The highest BCUT2D eigenvalue weighted by atomic mass is 15.1. The average molecular weight is 1710 g/mol. The number of imidazole rings is 1. The van der Waals surface area contributed by atoms with E-state index >= 15 is 0 Å². The molecule has 628 valence electrons. The lowest BCUT2D eigenvalue weighted by atomic mass is 10.0. The Bertz CT molecular complexity index is 8500. The van der Waals surface area contributed by atoms with E-state index in [1.54, 1.807) is 0 Å². The van der Waals surface area contributed by atoms with Gasteiger partial charge in [0.2, 0.25) is 0 Å². The third kappa shape index (κ3) is 13.9. The average Bonchev–Trinajstić information content (AvgIpc) is 1.76. The smallest absolute Gasteiger partial charge is 0.164 e. The van der Waals surface area contributed by atoms with Crippen molar-refractivity contribution in [3.63, 3.8) is 0 Å². The fourth-order valence-corrected chi connectivity index (χ4v) is 19.7. The third-order valence-electron chi connectivity index (χ3n) is 25.9. The van der Waals surface area contributed by atoms with E-state index in [-0.39, 0.29) is 0 Å². The molecular weight excluding hydrogens is 1630 g/mol. The lowest BCUT2D eigenvalue weighted by Gasteiger charge is -2.16. The van der Waals surface area contributed by atoms with Gasteiger partial charge in [-0.1, -0.05) is 315 Å². The molecular formula is C122H80N12. The molecule has 0 amide bonds. The maximum absolute atomic E-state index is 5.26. The van der Waals surface area contributed by atoms with Crippen LogP contribution >= 0.6 is 0 Å². The molecule has 27 rings (SSSR count). The van der Waals surface area contributed by atoms with Crippen LogP contribution in [0.2, 0.25) is 0 Å². The number of para-hydroxylation sites is 10. The zero-order valence-corrected chi connectivity index (χ0v) is 72.6. The van der Waals surface area contributed by atoms with E-state index < -0.39 is 0 Å². The molecule has 12 nitrogen and oxygen atoms in total. The van der Waals surface area contributed by atoms with Crippen molar-refractivity contribution in [2.75, 3.05) is 0 Å². The zero-order valence-electron chi connectivity index (χ0n) is 72.6. The summed E-state index contributed by atoms with van der Waals surface area (Å²) in [6, 6.07) is 167. The SMILES string of the molecule is c1ccc(-c2cc(-c3cc(-n4c5ccccc5c5ccccc54)cc(-n4c5ccccc5c5ccccc54)c3)nc(-c3ccccc3)n2)cc1.c1ccc(-c2nc(-c3ccc(-n4c5ccccc5c5ccccc54)cc3)nc(-c3ccc(-n4c5ccccc5c5ccccc54)cc3)n2)cc1.c1ccc2c(c1)c1ccccc1n2-c1ccc(-c2ccc(-c3cn4ccccc4n3)cc2)cc1. The maximum Gasteiger partial charge on any atom is 0.164 e. The molecule has 27 aromatic rings. The Balaban J connectivity index is 0.000000110. The standard InChI is InChI=1S/C46H30N4.C45H29N5.C31H21N3/c1-3-15-31(16-4-1)40-30-41(48-46(47-40)32-17-5-2-6-18-32)33-27-34(49-42-23-11-7-19-36(42)37-20-8-12-24-43(37)49)29-35(28-33)50-44-25-13-9-21-38(44)39-22-10-14-26-45(39)50;1-2-12-30(13-3-1)43-46-44(31-22-26-33(27-23-31)49-39-18-8-4-14-35(39)36-15-5-9-19-40(36)49)48-45(47-43)32-24-28-34(29-25-32)50-41-20-10-6-16-37(41)38-17-7-11-21-42(38)50;1-3-9-29-26(7-1)27-8-2-4-10-30(27)34(29)25-18-16-23(17-19-25)22-12-14-24(15-13-22)28-21-33-20-6-5-11-31(33)32-28/h1-30H;1-29H;1-21H. The van der Waals surface area contributed by atoms with Gasteiger partial charge >= 0.3 is 0 Å². The van der Waals surface area contributed by atoms with Crippen molar-refractivity contribution in [1.29, 1.82) is 0 Å². The summed E-state index contributed by atoms with van der Waals surface area (Å²) in [5.41, 5.74) is 30.4. The van der Waals surface area contributed by atoms with Crippen molar-refractivity contribution in [3.8, 4) is 119 Å². The van der Waals surface area contributed by atoms with Crippen molar-refractivity contribution in [2.45, 2.75) is 0 Å². The van der Waals surface area contributed by atoms with Gasteiger partial charge in [0.05, 0.1) is 72.2 Å². The second-order valence-corrected chi connectivity index (χ2v) is 33.8. The van der Waals surface area contributed by atoms with Crippen molar-refractivity contribution in [2.24, 2.45) is 0 Å². The van der Waals surface area contributed by atoms with Crippen LogP contribution in [-0.4, -0.2) is 57.1 Å². The Hall–Kier alpha value is -18.3. The molecule has 0 N–H and O–H groups in total. The predicted molar refractivity (Wildman–Crippen MR) is 552 cm³/mol. The third-order valence-corrected chi connectivity index (χ3v) is 25.9. The van der Waals surface area contributed by atoms with E-state index in [4.69, 9.17) is 29.9 Å². The summed E-state index contributed by atoms with van der Waals surface area (Å²) in [5.74, 6) is 2.61. The van der Waals surface area contributed by atoms with Gasteiger partial charge in [0.1, 0.15) is 5.65 Å². The molecule has 0 radical (unpaired) electrons. The molecule has 0 fully saturated rings. The molecule has 12 heteroatoms. The van der Waals surface area contributed by atoms with Crippen LogP contribution in [0.3, 0.4) is 0 Å². The van der Waals surface area contributed by atoms with Gasteiger partial charge in [0, 0.05) is 134 Å². The zero-order chi connectivity index (χ0) is 88.5. The van der Waals surface area contributed by atoms with E-state index in [1.165, 1.54) is 104 Å². The molecule has 0 aliphatic heterocycles. The molecule has 9 heterocycles. The molecule has 0 saturated carbocycles. The number of fused-ring (bicyclic) bond motifs is 16. The largest absolute Gasteiger partial charge is 0.309 e. The first-order valence-electron chi connectivity index (χ1n) is 45.2. The molecule has 18 aromatic carbocycles. The second kappa shape index (κ2) is 33.1. The highest BCUT2D eigenvalue weighted by Crippen LogP contribution is 2.43. The highest BCUT2D eigenvalue weighted by molar-refractivity contribution is 6.14. The van der Waals surface area contributed by atoms with Crippen LogP contribution in [0, 0.1) is 0 Å². The minimum Gasteiger partial charge on any atom is -0.309 e. The lowest BCUT2D eigenvalue weighted by Crippen LogP contribution is -2.01. The number of nitrogens with zero attached hydrogens (tertiary/aromatic N) is 12. The Labute approximate surface area is 771 Å². The summed E-state index contributed by atoms with van der Waals surface area (Å²) in [6.45, 7) is 0. The second-order valence-electron chi connectivity index (χ2n) is 33.8. The quantitative estimate of drug-likeness (QED) is 0.114. The number of rotatable bonds is 13. The van der Waals surface area contributed by atoms with Crippen molar-refractivity contribution in [1.82, 2.24) is 57.1 Å². The van der Waals surface area contributed by atoms with Gasteiger partial charge in [0.25, 0.3) is 0 Å². The Kier molecular flexibility index (Phi) is 19.3. The molecule has 0 saturated heterocycles. The summed E-state index contributed by atoms with van der Waals surface area (Å²) in [7, 11) is 0. The molecule has 9 aromatic heterocycles. The van der Waals surface area contributed by atoms with E-state index in [0.717, 1.165) is 106 Å². The van der Waals surface area contributed by atoms with E-state index in [2.05, 4.69) is 434 Å². The Morgan fingerprint density at radius 3 is 0.687 bits per heavy atom. The molecule has 134 heavy (non-hydrogen) atoms. The minimum atomic E-state index is 0.633. The molecule has 0 spiro atoms. The monoisotopic (exact) mass is 1710 g/mol. The van der Waals surface area contributed by atoms with E-state index in [0.29, 0.717) is 23.3 Å². The fourth-order valence-electron chi connectivity index (χ4n) is 19.7. The van der Waals surface area contributed by atoms with Crippen LogP contribution in [0.1, 0.15) is 0 Å². The normalized spacial score (nSPS) is 11.6. The van der Waals surface area contributed by atoms with Crippen molar-refractivity contribution < 1.29 is 0 Å². The van der Waals surface area contributed by atoms with Crippen molar-refractivity contribution >= 4 is 115 Å². The molecule has 0 bridgehead atoms. The molecule has 0 aliphatic rings. The van der Waals surface area contributed by atoms with Gasteiger partial charge in [-0.3, -0.25) is 0 Å². The van der Waals surface area contributed by atoms with Crippen LogP contribution in [0.25, 0.3) is 234 Å². The van der Waals surface area contributed by atoms with Gasteiger partial charge in [-0.25, -0.2) is 29.9 Å². The summed E-state index contributed by atoms with van der Waals surface area (Å²) in [5, 5.41) is 12.4. The van der Waals surface area contributed by atoms with Gasteiger partial charge in [0.15, 0.2) is 23.3 Å². The predicted octanol–water partition coefficient (Wildman–Crippen LogP) is 30.5. The van der Waals surface area contributed by atoms with Gasteiger partial charge in [-0.2, -0.15) is 0 Å². The first-order chi connectivity index (χ1) is 66.4. The Morgan fingerprint density at radius 2 is 0.373 bits per heavy atom. The molecule has 0 unspecified atom stereocenters. The Morgan fingerprint density at radius 1 is 0.142 bits per heavy atom. The van der Waals surface area contributed by atoms with E-state index in [1.807, 2.05) is 79.0 Å². The summed E-state index contributed by atoms with van der Waals surface area (Å²) < 4.78 is 13.8. The first kappa shape index (κ1) is 78.0. The van der Waals surface area contributed by atoms with E-state index in [9.17, 15) is 0 Å². The fraction of sp³-hybridized carbons (Fsp3) is 0. The number of hydrogen-bond donors (Lipinski definition) is 0. The number of benzene rings is 18. The summed E-state index contributed by atoms with van der Waals surface area (Å²) in [6.07, 6.45) is 4.10. The number of pyridine rings is 1. The van der Waals surface area contributed by atoms with Crippen LogP contribution in [0.4, 0.5) is 0 Å². The maximum atomic E-state index is 5.26. The highest BCUT2D eigenvalue weighted by Gasteiger charge is 2.23. The number of aromatic nitrogens is 12. The minimum absolute atomic E-state index is 0.633. The van der Waals surface area contributed by atoms with Gasteiger partial charge < -0.3 is 27.2 Å². The number of hydrogen-bond acceptors (Lipinski definition) is 6. The van der Waals surface area contributed by atoms with Crippen molar-refractivity contribution in [3.05, 3.63) is 486 Å². The lowest BCUT2D eigenvalue weighted by molar-refractivity contribution is 1.07. The molecule has 0 aliphatic carbocycles. The van der Waals surface area contributed by atoms with Crippen LogP contribution in [0.15, 0.2) is 486 Å². The van der Waals surface area contributed by atoms with Gasteiger partial charge in [-0.15, -0.1) is 0 Å². The van der Waals surface area contributed by atoms with Crippen LogP contribution < -0.4 is 0 Å². The summed E-state index contributed by atoms with van der Waals surface area (Å²) in [4.78, 5) is 30.1. The molecule has 0 atom stereocenters. The first-order valence-corrected chi connectivity index (χ1v) is 45.2. The van der Waals surface area contributed by atoms with Crippen LogP contribution in [-0.2, 0) is 0 Å². The van der Waals surface area contributed by atoms with Gasteiger partial charge in [-0.05, 0) is 169 Å². The topological polar surface area (TPSA) is 106 Å². The summed E-state index contributed by atoms with van der Waals surface area (Å²) >= 11 is 0. The van der Waals surface area contributed by atoms with Crippen LogP contribution in [0.5, 0.6) is 0 Å².